The molecule has 0 spiro atoms. The average Bonchev–Trinajstić information content (AvgIpc) is 3.11. The van der Waals surface area contributed by atoms with E-state index in [2.05, 4.69) is 10.3 Å². The van der Waals surface area contributed by atoms with Crippen LogP contribution in [0.2, 0.25) is 0 Å². The first-order valence-electron chi connectivity index (χ1n) is 9.96. The highest BCUT2D eigenvalue weighted by Crippen LogP contribution is 2.27. The number of aromatic amines is 1. The molecule has 6 heteroatoms. The summed E-state index contributed by atoms with van der Waals surface area (Å²) in [4.78, 5) is 26.8. The minimum Gasteiger partial charge on any atom is -0.494 e. The number of aromatic hydroxyl groups is 1. The van der Waals surface area contributed by atoms with Crippen LogP contribution in [0.4, 0.5) is 5.69 Å². The highest BCUT2D eigenvalue weighted by atomic mass is 32.1. The number of carbonyl (C=O) groups excluding carboxylic acids is 1. The lowest BCUT2D eigenvalue weighted by molar-refractivity contribution is -0.117. The fraction of sp³-hybridized carbons (Fsp3) is 0.120. The van der Waals surface area contributed by atoms with Gasteiger partial charge in [0.2, 0.25) is 11.8 Å². The number of hydrogen-bond donors (Lipinski definition) is 3. The Hall–Kier alpha value is -3.64. The predicted molar refractivity (Wildman–Crippen MR) is 125 cm³/mol. The van der Waals surface area contributed by atoms with Gasteiger partial charge in [-0.1, -0.05) is 78.1 Å². The molecule has 1 amide bonds. The number of benzene rings is 3. The Kier molecular flexibility index (Phi) is 6.00. The van der Waals surface area contributed by atoms with Crippen LogP contribution in [-0.2, 0) is 11.2 Å². The largest absolute Gasteiger partial charge is 0.494 e. The van der Waals surface area contributed by atoms with E-state index >= 15 is 0 Å². The lowest BCUT2D eigenvalue weighted by Crippen LogP contribution is -2.18. The third-order valence-corrected chi connectivity index (χ3v) is 6.05. The first kappa shape index (κ1) is 20.6. The van der Waals surface area contributed by atoms with Crippen LogP contribution >= 0.6 is 11.3 Å². The molecule has 1 aromatic heterocycles. The number of hydrogen-bond acceptors (Lipinski definition) is 4. The monoisotopic (exact) mass is 430 g/mol. The van der Waals surface area contributed by atoms with Gasteiger partial charge in [0.15, 0.2) is 0 Å². The van der Waals surface area contributed by atoms with Gasteiger partial charge in [0.1, 0.15) is 0 Å². The van der Waals surface area contributed by atoms with E-state index in [1.54, 1.807) is 0 Å². The van der Waals surface area contributed by atoms with Gasteiger partial charge in [0.05, 0.1) is 10.8 Å². The van der Waals surface area contributed by atoms with E-state index < -0.39 is 0 Å². The Balaban J connectivity index is 1.49. The zero-order chi connectivity index (χ0) is 21.8. The average molecular weight is 431 g/mol. The minimum absolute atomic E-state index is 0.0519. The van der Waals surface area contributed by atoms with Crippen LogP contribution in [0.1, 0.15) is 28.8 Å². The first-order valence-corrected chi connectivity index (χ1v) is 10.8. The van der Waals surface area contributed by atoms with E-state index in [0.29, 0.717) is 11.3 Å². The Morgan fingerprint density at radius 3 is 2.42 bits per heavy atom. The molecule has 1 atom stereocenters. The van der Waals surface area contributed by atoms with Crippen molar-refractivity contribution in [1.82, 2.24) is 4.98 Å². The van der Waals surface area contributed by atoms with Gasteiger partial charge in [0, 0.05) is 12.1 Å². The molecule has 0 saturated heterocycles. The van der Waals surface area contributed by atoms with Crippen LogP contribution in [0.15, 0.2) is 83.7 Å². The zero-order valence-electron chi connectivity index (χ0n) is 17.0. The Morgan fingerprint density at radius 1 is 1.00 bits per heavy atom. The van der Waals surface area contributed by atoms with E-state index in [0.717, 1.165) is 39.3 Å². The highest BCUT2D eigenvalue weighted by Gasteiger charge is 2.16. The van der Waals surface area contributed by atoms with Crippen LogP contribution in [0.25, 0.3) is 11.1 Å². The molecule has 4 rings (SSSR count). The number of thiazole rings is 1. The summed E-state index contributed by atoms with van der Waals surface area (Å²) < 4.78 is 0. The number of H-pyrrole nitrogens is 1. The first-order chi connectivity index (χ1) is 15.0. The van der Waals surface area contributed by atoms with Crippen molar-refractivity contribution in [2.24, 2.45) is 0 Å². The smallest absolute Gasteiger partial charge is 0.307 e. The van der Waals surface area contributed by atoms with Gasteiger partial charge in [-0.2, -0.15) is 0 Å². The predicted octanol–water partition coefficient (Wildman–Crippen LogP) is 5.14. The lowest BCUT2D eigenvalue weighted by Gasteiger charge is -2.14. The number of anilines is 1. The van der Waals surface area contributed by atoms with Gasteiger partial charge in [-0.3, -0.25) is 14.6 Å². The van der Waals surface area contributed by atoms with E-state index in [-0.39, 0.29) is 22.6 Å². The topological polar surface area (TPSA) is 82.2 Å². The Bertz CT molecular complexity index is 1240. The molecular formula is C25H22N2O3S. The van der Waals surface area contributed by atoms with E-state index in [9.17, 15) is 14.7 Å². The van der Waals surface area contributed by atoms with E-state index in [1.165, 1.54) is 0 Å². The quantitative estimate of drug-likeness (QED) is 0.396. The van der Waals surface area contributed by atoms with Gasteiger partial charge in [-0.05, 0) is 41.3 Å². The van der Waals surface area contributed by atoms with Crippen LogP contribution < -0.4 is 10.2 Å². The molecule has 0 fully saturated rings. The van der Waals surface area contributed by atoms with Crippen LogP contribution in [0, 0.1) is 0 Å². The van der Waals surface area contributed by atoms with Crippen molar-refractivity contribution in [2.45, 2.75) is 19.3 Å². The third kappa shape index (κ3) is 4.92. The van der Waals surface area contributed by atoms with E-state index in [1.807, 2.05) is 85.8 Å². The summed E-state index contributed by atoms with van der Waals surface area (Å²) in [7, 11) is 0. The molecular weight excluding hydrogens is 408 g/mol. The normalized spacial score (nSPS) is 11.8. The van der Waals surface area contributed by atoms with Crippen molar-refractivity contribution >= 4 is 22.9 Å². The maximum Gasteiger partial charge on any atom is 0.307 e. The fourth-order valence-electron chi connectivity index (χ4n) is 3.38. The van der Waals surface area contributed by atoms with Gasteiger partial charge in [-0.25, -0.2) is 0 Å². The van der Waals surface area contributed by atoms with Crippen molar-refractivity contribution in [3.05, 3.63) is 105 Å². The minimum atomic E-state index is -0.293. The second kappa shape index (κ2) is 9.02. The molecule has 0 aliphatic rings. The fourth-order valence-corrected chi connectivity index (χ4v) is 4.14. The number of carbonyl (C=O) groups is 1. The van der Waals surface area contributed by atoms with Crippen molar-refractivity contribution in [3.63, 3.8) is 0 Å². The SMILES string of the molecule is CC(C(=O)Nc1ccccc1)c1cccc(-c2ccc(Cc3sc(=O)[nH]c3O)cc2)c1. The maximum atomic E-state index is 12.7. The molecule has 0 radical (unpaired) electrons. The summed E-state index contributed by atoms with van der Waals surface area (Å²) in [6, 6.07) is 25.4. The third-order valence-electron chi connectivity index (χ3n) is 5.17. The molecule has 4 aromatic rings. The number of rotatable bonds is 6. The molecule has 0 aliphatic heterocycles. The maximum absolute atomic E-state index is 12.7. The summed E-state index contributed by atoms with van der Waals surface area (Å²) in [5.41, 5.74) is 4.79. The van der Waals surface area contributed by atoms with Crippen molar-refractivity contribution in [1.29, 1.82) is 0 Å². The Labute approximate surface area is 184 Å². The molecule has 0 aliphatic carbocycles. The molecule has 0 bridgehead atoms. The molecule has 5 nitrogen and oxygen atoms in total. The zero-order valence-corrected chi connectivity index (χ0v) is 17.8. The van der Waals surface area contributed by atoms with Gasteiger partial charge < -0.3 is 10.4 Å². The van der Waals surface area contributed by atoms with Crippen molar-refractivity contribution in [3.8, 4) is 17.0 Å². The van der Waals surface area contributed by atoms with Crippen LogP contribution in [0.3, 0.4) is 0 Å². The summed E-state index contributed by atoms with van der Waals surface area (Å²) in [6.07, 6.45) is 0.492. The lowest BCUT2D eigenvalue weighted by atomic mass is 9.95. The molecule has 3 aromatic carbocycles. The van der Waals surface area contributed by atoms with Crippen LogP contribution in [0.5, 0.6) is 5.88 Å². The van der Waals surface area contributed by atoms with Crippen LogP contribution in [-0.4, -0.2) is 16.0 Å². The Morgan fingerprint density at radius 2 is 1.74 bits per heavy atom. The second-order valence-corrected chi connectivity index (χ2v) is 8.43. The summed E-state index contributed by atoms with van der Waals surface area (Å²) in [6.45, 7) is 1.90. The summed E-state index contributed by atoms with van der Waals surface area (Å²) >= 11 is 1.02. The van der Waals surface area contributed by atoms with Gasteiger partial charge in [0.25, 0.3) is 0 Å². The molecule has 0 saturated carbocycles. The number of amides is 1. The summed E-state index contributed by atoms with van der Waals surface area (Å²) in [5, 5.41) is 12.7. The molecule has 1 heterocycles. The van der Waals surface area contributed by atoms with Gasteiger partial charge in [-0.15, -0.1) is 0 Å². The molecule has 1 unspecified atom stereocenters. The number of para-hydroxylation sites is 1. The number of aromatic nitrogens is 1. The standard InChI is InChI=1S/C25H22N2O3S/c1-16(23(28)26-21-8-3-2-4-9-21)19-6-5-7-20(15-19)18-12-10-17(11-13-18)14-22-24(29)27-25(30)31-22/h2-13,15-16,29H,14H2,1H3,(H,26,28)(H,27,30). The van der Waals surface area contributed by atoms with E-state index in [4.69, 9.17) is 0 Å². The second-order valence-electron chi connectivity index (χ2n) is 7.36. The molecule has 156 valence electrons. The summed E-state index contributed by atoms with van der Waals surface area (Å²) in [5.74, 6) is -0.405. The van der Waals surface area contributed by atoms with Crippen molar-refractivity contribution in [2.75, 3.05) is 5.32 Å². The highest BCUT2D eigenvalue weighted by molar-refractivity contribution is 7.09. The number of nitrogens with one attached hydrogen (secondary N) is 2. The van der Waals surface area contributed by atoms with Crippen molar-refractivity contribution < 1.29 is 9.90 Å². The molecule has 3 N–H and O–H groups in total. The molecule has 31 heavy (non-hydrogen) atoms. The van der Waals surface area contributed by atoms with Gasteiger partial charge >= 0.3 is 4.87 Å².